The number of ether oxygens (including phenoxy) is 1. The molecule has 6 heteroatoms. The van der Waals surface area contributed by atoms with E-state index in [9.17, 15) is 4.79 Å². The molecule has 1 aliphatic rings. The molecule has 3 aromatic rings. The van der Waals surface area contributed by atoms with E-state index in [4.69, 9.17) is 14.9 Å². The molecule has 1 aromatic heterocycles. The summed E-state index contributed by atoms with van der Waals surface area (Å²) in [5.74, 6) is 1.21. The number of aliphatic carboxylic acids is 1. The van der Waals surface area contributed by atoms with Crippen LogP contribution in [-0.4, -0.2) is 46.1 Å². The molecule has 0 unspecified atom stereocenters. The molecule has 34 heavy (non-hydrogen) atoms. The minimum Gasteiger partial charge on any atom is -0.480 e. The van der Waals surface area contributed by atoms with E-state index in [1.54, 1.807) is 0 Å². The summed E-state index contributed by atoms with van der Waals surface area (Å²) in [6.07, 6.45) is 7.58. The topological polar surface area (TPSA) is 64.4 Å². The molecule has 1 saturated carbocycles. The molecular formula is C28H34N2O3S. The van der Waals surface area contributed by atoms with Crippen molar-refractivity contribution < 1.29 is 14.6 Å². The van der Waals surface area contributed by atoms with E-state index in [-0.39, 0.29) is 6.61 Å². The van der Waals surface area contributed by atoms with Gasteiger partial charge >= 0.3 is 5.97 Å². The minimum absolute atomic E-state index is 0.198. The van der Waals surface area contributed by atoms with Gasteiger partial charge in [-0.2, -0.15) is 16.9 Å². The second-order valence-corrected chi connectivity index (χ2v) is 10.1. The Balaban J connectivity index is 1.57. The largest absolute Gasteiger partial charge is 0.480 e. The normalized spacial score (nSPS) is 18.1. The van der Waals surface area contributed by atoms with Gasteiger partial charge in [0.2, 0.25) is 0 Å². The molecular weight excluding hydrogens is 444 g/mol. The van der Waals surface area contributed by atoms with Crippen molar-refractivity contribution in [1.29, 1.82) is 0 Å². The molecule has 2 aromatic carbocycles. The van der Waals surface area contributed by atoms with Crippen LogP contribution in [0.15, 0.2) is 60.7 Å². The Labute approximate surface area is 206 Å². The Morgan fingerprint density at radius 3 is 2.24 bits per heavy atom. The van der Waals surface area contributed by atoms with Gasteiger partial charge < -0.3 is 9.84 Å². The van der Waals surface area contributed by atoms with Crippen molar-refractivity contribution >= 4 is 17.7 Å². The van der Waals surface area contributed by atoms with Crippen LogP contribution in [0.1, 0.15) is 31.4 Å². The molecule has 0 radical (unpaired) electrons. The Hall–Kier alpha value is -2.57. The van der Waals surface area contributed by atoms with Gasteiger partial charge in [0, 0.05) is 23.4 Å². The lowest BCUT2D eigenvalue weighted by Crippen LogP contribution is -2.24. The van der Waals surface area contributed by atoms with Gasteiger partial charge in [-0.1, -0.05) is 60.7 Å². The van der Waals surface area contributed by atoms with E-state index in [0.29, 0.717) is 18.4 Å². The summed E-state index contributed by atoms with van der Waals surface area (Å²) in [5.41, 5.74) is 6.04. The molecule has 0 amide bonds. The summed E-state index contributed by atoms with van der Waals surface area (Å²) in [5, 5.41) is 14.0. The summed E-state index contributed by atoms with van der Waals surface area (Å²) < 4.78 is 7.63. The fourth-order valence-electron chi connectivity index (χ4n) is 4.95. The zero-order valence-corrected chi connectivity index (χ0v) is 20.7. The highest BCUT2D eigenvalue weighted by Crippen LogP contribution is 2.37. The maximum absolute atomic E-state index is 10.7. The first-order valence-corrected chi connectivity index (χ1v) is 13.5. The fourth-order valence-corrected chi connectivity index (χ4v) is 5.34. The lowest BCUT2D eigenvalue weighted by molar-refractivity contribution is -0.142. The van der Waals surface area contributed by atoms with Crippen molar-refractivity contribution in [2.45, 2.75) is 38.6 Å². The monoisotopic (exact) mass is 478 g/mol. The smallest absolute Gasteiger partial charge is 0.329 e. The Kier molecular flexibility index (Phi) is 8.83. The van der Waals surface area contributed by atoms with Crippen molar-refractivity contribution in [2.24, 2.45) is 11.8 Å². The maximum Gasteiger partial charge on any atom is 0.329 e. The quantitative estimate of drug-likeness (QED) is 0.364. The van der Waals surface area contributed by atoms with E-state index in [1.165, 1.54) is 16.8 Å². The lowest BCUT2D eigenvalue weighted by atomic mass is 9.82. The van der Waals surface area contributed by atoms with Crippen molar-refractivity contribution in [2.75, 3.05) is 25.2 Å². The third-order valence-electron chi connectivity index (χ3n) is 6.69. The van der Waals surface area contributed by atoms with Crippen LogP contribution in [0.25, 0.3) is 22.4 Å². The summed E-state index contributed by atoms with van der Waals surface area (Å²) in [4.78, 5) is 10.7. The van der Waals surface area contributed by atoms with Crippen molar-refractivity contribution in [3.63, 3.8) is 0 Å². The third kappa shape index (κ3) is 6.30. The van der Waals surface area contributed by atoms with Crippen LogP contribution in [0, 0.1) is 11.8 Å². The maximum atomic E-state index is 10.7. The van der Waals surface area contributed by atoms with Crippen LogP contribution in [-0.2, 0) is 22.5 Å². The molecule has 1 heterocycles. The number of hydrogen-bond donors (Lipinski definition) is 1. The minimum atomic E-state index is -0.895. The zero-order chi connectivity index (χ0) is 23.8. The van der Waals surface area contributed by atoms with E-state index < -0.39 is 5.97 Å². The summed E-state index contributed by atoms with van der Waals surface area (Å²) in [6.45, 7) is 1.28. The molecule has 4 rings (SSSR count). The first-order chi connectivity index (χ1) is 16.7. The first kappa shape index (κ1) is 24.6. The average molecular weight is 479 g/mol. The number of aromatic nitrogens is 2. The van der Waals surface area contributed by atoms with Gasteiger partial charge in [-0.15, -0.1) is 0 Å². The van der Waals surface area contributed by atoms with E-state index in [2.05, 4.69) is 71.6 Å². The highest BCUT2D eigenvalue weighted by atomic mass is 32.2. The molecule has 0 bridgehead atoms. The second kappa shape index (κ2) is 12.2. The van der Waals surface area contributed by atoms with E-state index >= 15 is 0 Å². The van der Waals surface area contributed by atoms with Crippen LogP contribution < -0.4 is 0 Å². The van der Waals surface area contributed by atoms with Gasteiger partial charge in [0.15, 0.2) is 0 Å². The summed E-state index contributed by atoms with van der Waals surface area (Å²) in [6, 6.07) is 21.2. The van der Waals surface area contributed by atoms with Crippen LogP contribution >= 0.6 is 11.8 Å². The lowest BCUT2D eigenvalue weighted by Gasteiger charge is -2.28. The van der Waals surface area contributed by atoms with Gasteiger partial charge in [-0.3, -0.25) is 4.68 Å². The number of hydrogen-bond acceptors (Lipinski definition) is 4. The zero-order valence-electron chi connectivity index (χ0n) is 19.9. The number of rotatable bonds is 11. The number of carboxylic acid groups (broad SMARTS) is 1. The third-order valence-corrected chi connectivity index (χ3v) is 7.30. The van der Waals surface area contributed by atoms with Crippen LogP contribution in [0.2, 0.25) is 0 Å². The molecule has 1 aliphatic carbocycles. The summed E-state index contributed by atoms with van der Waals surface area (Å²) >= 11 is 1.87. The number of thioether (sulfide) groups is 1. The van der Waals surface area contributed by atoms with E-state index in [0.717, 1.165) is 55.7 Å². The van der Waals surface area contributed by atoms with Crippen molar-refractivity contribution in [3.05, 3.63) is 66.4 Å². The van der Waals surface area contributed by atoms with Crippen molar-refractivity contribution in [3.8, 4) is 22.4 Å². The number of nitrogens with zero attached hydrogens (tertiary/aromatic N) is 2. The Bertz CT molecular complexity index is 1040. The average Bonchev–Trinajstić information content (AvgIpc) is 3.22. The molecule has 0 aliphatic heterocycles. The molecule has 0 saturated heterocycles. The number of carboxylic acids is 1. The van der Waals surface area contributed by atoms with Gasteiger partial charge in [-0.05, 0) is 61.5 Å². The van der Waals surface area contributed by atoms with Gasteiger partial charge in [0.25, 0.3) is 0 Å². The predicted molar refractivity (Wildman–Crippen MR) is 139 cm³/mol. The standard InChI is InChI=1S/C28H34N2O3S/c1-34-17-16-25-27(23-8-4-2-5-9-23)28(24-10-6-3-7-11-24)29-30(25)18-21-12-14-22(15-13-21)19-33-20-26(31)32/h2-11,21-22H,12-20H2,1H3,(H,31,32)/t21-,22-. The number of benzene rings is 2. The Morgan fingerprint density at radius 2 is 1.62 bits per heavy atom. The van der Waals surface area contributed by atoms with Crippen LogP contribution in [0.5, 0.6) is 0 Å². The molecule has 0 atom stereocenters. The molecule has 0 spiro atoms. The SMILES string of the molecule is CSCCc1c(-c2ccccc2)c(-c2ccccc2)nn1C[C@H]1CC[C@H](COCC(=O)O)CC1. The van der Waals surface area contributed by atoms with Gasteiger partial charge in [-0.25, -0.2) is 4.79 Å². The van der Waals surface area contributed by atoms with E-state index in [1.807, 2.05) is 11.8 Å². The molecule has 180 valence electrons. The molecule has 1 fully saturated rings. The van der Waals surface area contributed by atoms with Crippen LogP contribution in [0.3, 0.4) is 0 Å². The molecule has 5 nitrogen and oxygen atoms in total. The molecule has 1 N–H and O–H groups in total. The van der Waals surface area contributed by atoms with Crippen molar-refractivity contribution in [1.82, 2.24) is 9.78 Å². The number of carbonyl (C=O) groups is 1. The Morgan fingerprint density at radius 1 is 1.00 bits per heavy atom. The summed E-state index contributed by atoms with van der Waals surface area (Å²) in [7, 11) is 0. The second-order valence-electron chi connectivity index (χ2n) is 9.12. The first-order valence-electron chi connectivity index (χ1n) is 12.1. The van der Waals surface area contributed by atoms with Gasteiger partial charge in [0.1, 0.15) is 12.3 Å². The predicted octanol–water partition coefficient (Wildman–Crippen LogP) is 6.03. The van der Waals surface area contributed by atoms with Crippen LogP contribution in [0.4, 0.5) is 0 Å². The van der Waals surface area contributed by atoms with Gasteiger partial charge in [0.05, 0.1) is 6.61 Å². The fraction of sp³-hybridized carbons (Fsp3) is 0.429. The highest BCUT2D eigenvalue weighted by Gasteiger charge is 2.25. The highest BCUT2D eigenvalue weighted by molar-refractivity contribution is 7.98.